The first-order valence-corrected chi connectivity index (χ1v) is 6.65. The summed E-state index contributed by atoms with van der Waals surface area (Å²) in [5.41, 5.74) is 0. The van der Waals surface area contributed by atoms with E-state index >= 15 is 0 Å². The second-order valence-electron chi connectivity index (χ2n) is 2.77. The van der Waals surface area contributed by atoms with Gasteiger partial charge in [0.15, 0.2) is 5.96 Å². The smallest absolute Gasteiger partial charge is 0.190 e. The molecule has 0 aromatic heterocycles. The van der Waals surface area contributed by atoms with Gasteiger partial charge in [-0.2, -0.15) is 23.5 Å². The molecule has 0 radical (unpaired) electrons. The van der Waals surface area contributed by atoms with E-state index in [-0.39, 0.29) is 0 Å². The van der Waals surface area contributed by atoms with E-state index < -0.39 is 0 Å². The summed E-state index contributed by atoms with van der Waals surface area (Å²) in [7, 11) is 3.68. The third-order valence-corrected chi connectivity index (χ3v) is 4.69. The van der Waals surface area contributed by atoms with E-state index in [2.05, 4.69) is 27.4 Å². The highest BCUT2D eigenvalue weighted by molar-refractivity contribution is 8.06. The number of hydrogen-bond donors (Lipinski definition) is 2. The van der Waals surface area contributed by atoms with Crippen LogP contribution in [0.15, 0.2) is 4.99 Å². The molecule has 0 aliphatic carbocycles. The van der Waals surface area contributed by atoms with Crippen molar-refractivity contribution in [3.8, 4) is 0 Å². The van der Waals surface area contributed by atoms with Gasteiger partial charge in [-0.3, -0.25) is 4.99 Å². The summed E-state index contributed by atoms with van der Waals surface area (Å²) in [6.45, 7) is 1.02. The molecule has 0 aromatic carbocycles. The van der Waals surface area contributed by atoms with Crippen LogP contribution in [-0.2, 0) is 0 Å². The molecule has 3 nitrogen and oxygen atoms in total. The average Bonchev–Trinajstić information content (AvgIpc) is 2.21. The number of thioether (sulfide) groups is 2. The molecule has 1 rings (SSSR count). The molecule has 1 heterocycles. The van der Waals surface area contributed by atoms with Crippen molar-refractivity contribution in [2.45, 2.75) is 5.25 Å². The van der Waals surface area contributed by atoms with Crippen LogP contribution in [0.25, 0.3) is 0 Å². The zero-order chi connectivity index (χ0) is 9.52. The maximum Gasteiger partial charge on any atom is 0.190 e. The first kappa shape index (κ1) is 11.0. The maximum atomic E-state index is 4.07. The molecule has 1 unspecified atom stereocenters. The Bertz CT molecular complexity index is 167. The van der Waals surface area contributed by atoms with Crippen molar-refractivity contribution in [1.82, 2.24) is 10.6 Å². The first-order chi connectivity index (χ1) is 6.36. The third kappa shape index (κ3) is 4.13. The lowest BCUT2D eigenvalue weighted by Crippen LogP contribution is -2.39. The van der Waals surface area contributed by atoms with Crippen LogP contribution < -0.4 is 10.6 Å². The molecule has 1 fully saturated rings. The Morgan fingerprint density at radius 3 is 2.92 bits per heavy atom. The van der Waals surface area contributed by atoms with E-state index in [1.807, 2.05) is 18.8 Å². The van der Waals surface area contributed by atoms with Crippen LogP contribution in [0.2, 0.25) is 0 Å². The van der Waals surface area contributed by atoms with Gasteiger partial charge in [0.05, 0.1) is 0 Å². The highest BCUT2D eigenvalue weighted by Gasteiger charge is 2.13. The Balaban J connectivity index is 2.16. The highest BCUT2D eigenvalue weighted by Crippen LogP contribution is 2.23. The molecule has 0 saturated carbocycles. The molecule has 0 spiro atoms. The topological polar surface area (TPSA) is 36.4 Å². The highest BCUT2D eigenvalue weighted by atomic mass is 32.2. The molecule has 1 aliphatic rings. The maximum absolute atomic E-state index is 4.07. The van der Waals surface area contributed by atoms with Gasteiger partial charge in [-0.15, -0.1) is 0 Å². The van der Waals surface area contributed by atoms with Gasteiger partial charge in [-0.25, -0.2) is 0 Å². The van der Waals surface area contributed by atoms with Crippen molar-refractivity contribution < 1.29 is 0 Å². The molecule has 2 N–H and O–H groups in total. The van der Waals surface area contributed by atoms with Crippen LogP contribution in [0.3, 0.4) is 0 Å². The lowest BCUT2D eigenvalue weighted by molar-refractivity contribution is 0.830. The Kier molecular flexibility index (Phi) is 5.46. The predicted octanol–water partition coefficient (Wildman–Crippen LogP) is 0.630. The molecule has 1 saturated heterocycles. The third-order valence-electron chi connectivity index (χ3n) is 1.84. The quantitative estimate of drug-likeness (QED) is 0.527. The molecule has 0 amide bonds. The SMILES string of the molecule is CN=C(NC)NCC1CSCCS1. The second-order valence-corrected chi connectivity index (χ2v) is 5.33. The standard InChI is InChI=1S/C8H17N3S2/c1-9-8(10-2)11-5-7-6-12-3-4-13-7/h7H,3-6H2,1-2H3,(H2,9,10,11). The molecule has 13 heavy (non-hydrogen) atoms. The van der Waals surface area contributed by atoms with Crippen molar-refractivity contribution in [3.63, 3.8) is 0 Å². The molecule has 1 aliphatic heterocycles. The number of aliphatic imine (C=N–C) groups is 1. The minimum atomic E-state index is 0.740. The summed E-state index contributed by atoms with van der Waals surface area (Å²) in [5.74, 6) is 4.74. The summed E-state index contributed by atoms with van der Waals surface area (Å²) in [5, 5.41) is 7.05. The van der Waals surface area contributed by atoms with Crippen LogP contribution in [-0.4, -0.2) is 49.1 Å². The fraction of sp³-hybridized carbons (Fsp3) is 0.875. The van der Waals surface area contributed by atoms with Gasteiger partial charge in [-0.05, 0) is 0 Å². The minimum Gasteiger partial charge on any atom is -0.359 e. The largest absolute Gasteiger partial charge is 0.359 e. The van der Waals surface area contributed by atoms with Crippen LogP contribution in [0.1, 0.15) is 0 Å². The van der Waals surface area contributed by atoms with Crippen molar-refractivity contribution in [2.24, 2.45) is 4.99 Å². The summed E-state index contributed by atoms with van der Waals surface area (Å²) >= 11 is 4.11. The van der Waals surface area contributed by atoms with Gasteiger partial charge in [0.2, 0.25) is 0 Å². The molecule has 1 atom stereocenters. The van der Waals surface area contributed by atoms with Crippen LogP contribution >= 0.6 is 23.5 Å². The van der Waals surface area contributed by atoms with Crippen molar-refractivity contribution in [2.75, 3.05) is 37.9 Å². The Morgan fingerprint density at radius 1 is 1.54 bits per heavy atom. The fourth-order valence-electron chi connectivity index (χ4n) is 1.14. The fourth-order valence-corrected chi connectivity index (χ4v) is 3.76. The van der Waals surface area contributed by atoms with Crippen molar-refractivity contribution in [3.05, 3.63) is 0 Å². The zero-order valence-electron chi connectivity index (χ0n) is 8.17. The molecule has 0 bridgehead atoms. The summed E-state index contributed by atoms with van der Waals surface area (Å²) in [6, 6.07) is 0. The normalized spacial score (nSPS) is 24.2. The van der Waals surface area contributed by atoms with E-state index in [4.69, 9.17) is 0 Å². The van der Waals surface area contributed by atoms with Crippen molar-refractivity contribution >= 4 is 29.5 Å². The van der Waals surface area contributed by atoms with Crippen LogP contribution in [0, 0.1) is 0 Å². The summed E-state index contributed by atoms with van der Waals surface area (Å²) in [6.07, 6.45) is 0. The molecule has 5 heteroatoms. The molecular formula is C8H17N3S2. The molecular weight excluding hydrogens is 202 g/mol. The monoisotopic (exact) mass is 219 g/mol. The van der Waals surface area contributed by atoms with Gasteiger partial charge in [0.1, 0.15) is 0 Å². The van der Waals surface area contributed by atoms with Gasteiger partial charge < -0.3 is 10.6 Å². The molecule has 0 aromatic rings. The van der Waals surface area contributed by atoms with E-state index in [1.54, 1.807) is 7.05 Å². The van der Waals surface area contributed by atoms with Crippen LogP contribution in [0.4, 0.5) is 0 Å². The number of nitrogens with zero attached hydrogens (tertiary/aromatic N) is 1. The number of guanidine groups is 1. The summed E-state index contributed by atoms with van der Waals surface area (Å²) < 4.78 is 0. The van der Waals surface area contributed by atoms with Crippen molar-refractivity contribution in [1.29, 1.82) is 0 Å². The number of nitrogens with one attached hydrogen (secondary N) is 2. The number of rotatable bonds is 2. The van der Waals surface area contributed by atoms with E-state index in [0.717, 1.165) is 17.8 Å². The Hall–Kier alpha value is -0.0300. The van der Waals surface area contributed by atoms with Gasteiger partial charge in [0, 0.05) is 43.1 Å². The van der Waals surface area contributed by atoms with E-state index in [0.29, 0.717) is 0 Å². The number of hydrogen-bond acceptors (Lipinski definition) is 3. The van der Waals surface area contributed by atoms with E-state index in [9.17, 15) is 0 Å². The lowest BCUT2D eigenvalue weighted by Gasteiger charge is -2.21. The van der Waals surface area contributed by atoms with Gasteiger partial charge in [0.25, 0.3) is 0 Å². The minimum absolute atomic E-state index is 0.740. The lowest BCUT2D eigenvalue weighted by atomic mass is 10.5. The molecule has 76 valence electrons. The van der Waals surface area contributed by atoms with Gasteiger partial charge in [-0.1, -0.05) is 0 Å². The predicted molar refractivity (Wildman–Crippen MR) is 64.0 cm³/mol. The Morgan fingerprint density at radius 2 is 2.38 bits per heavy atom. The average molecular weight is 219 g/mol. The summed E-state index contributed by atoms with van der Waals surface area (Å²) in [4.78, 5) is 4.07. The zero-order valence-corrected chi connectivity index (χ0v) is 9.80. The second kappa shape index (κ2) is 6.43. The Labute approximate surface area is 88.5 Å². The van der Waals surface area contributed by atoms with Crippen LogP contribution in [0.5, 0.6) is 0 Å². The first-order valence-electron chi connectivity index (χ1n) is 4.44. The van der Waals surface area contributed by atoms with Gasteiger partial charge >= 0.3 is 0 Å². The van der Waals surface area contributed by atoms with E-state index in [1.165, 1.54) is 17.3 Å².